The van der Waals surface area contributed by atoms with E-state index in [1.807, 2.05) is 13.8 Å². The van der Waals surface area contributed by atoms with Gasteiger partial charge in [0.25, 0.3) is 0 Å². The Morgan fingerprint density at radius 2 is 1.74 bits per heavy atom. The zero-order valence-electron chi connectivity index (χ0n) is 10.7. The molecule has 6 heteroatoms. The topological polar surface area (TPSA) is 66.4 Å². The van der Waals surface area contributed by atoms with Gasteiger partial charge in [-0.25, -0.2) is 4.79 Å². The maximum absolute atomic E-state index is 12.0. The van der Waals surface area contributed by atoms with Gasteiger partial charge in [-0.2, -0.15) is 0 Å². The molecule has 2 N–H and O–H groups in total. The number of benzene rings is 1. The summed E-state index contributed by atoms with van der Waals surface area (Å²) in [5.74, 6) is -1.67. The summed E-state index contributed by atoms with van der Waals surface area (Å²) in [7, 11) is 0. The second-order valence-corrected chi connectivity index (χ2v) is 4.90. The van der Waals surface area contributed by atoms with Crippen LogP contribution in [0.15, 0.2) is 12.1 Å². The lowest BCUT2D eigenvalue weighted by molar-refractivity contribution is -0.120. The minimum absolute atomic E-state index is 0.0387. The normalized spacial score (nSPS) is 10.6. The molecule has 0 aliphatic rings. The largest absolute Gasteiger partial charge is 0.478 e. The first-order valence-corrected chi connectivity index (χ1v) is 6.70. The molecule has 0 heterocycles. The zero-order valence-corrected chi connectivity index (χ0v) is 12.2. The fourth-order valence-electron chi connectivity index (χ4n) is 1.77. The lowest BCUT2D eigenvalue weighted by Gasteiger charge is -2.16. The second kappa shape index (κ2) is 6.78. The fourth-order valence-corrected chi connectivity index (χ4v) is 2.21. The smallest absolute Gasteiger partial charge is 0.339 e. The molecular formula is C13H15Cl2NO3. The van der Waals surface area contributed by atoms with E-state index in [0.29, 0.717) is 12.8 Å². The average molecular weight is 304 g/mol. The number of carboxylic acids is 1. The molecule has 1 amide bonds. The number of carbonyl (C=O) groups is 2. The fraction of sp³-hybridized carbons (Fsp3) is 0.385. The number of carboxylic acid groups (broad SMARTS) is 1. The molecule has 0 aliphatic carbocycles. The van der Waals surface area contributed by atoms with Gasteiger partial charge in [-0.3, -0.25) is 4.79 Å². The maximum atomic E-state index is 12.0. The Balaban J connectivity index is 3.17. The van der Waals surface area contributed by atoms with Crippen molar-refractivity contribution in [1.82, 2.24) is 0 Å². The van der Waals surface area contributed by atoms with Crippen LogP contribution in [0.5, 0.6) is 0 Å². The number of amides is 1. The lowest BCUT2D eigenvalue weighted by Crippen LogP contribution is -2.23. The van der Waals surface area contributed by atoms with E-state index in [1.165, 1.54) is 12.1 Å². The van der Waals surface area contributed by atoms with E-state index < -0.39 is 5.97 Å². The SMILES string of the molecule is CCC(CC)C(=O)Nc1c(Cl)ccc(Cl)c1C(=O)O. The Labute approximate surface area is 121 Å². The molecule has 19 heavy (non-hydrogen) atoms. The first-order valence-electron chi connectivity index (χ1n) is 5.94. The molecule has 0 saturated heterocycles. The molecule has 0 aliphatic heterocycles. The Bertz CT molecular complexity index is 499. The standard InChI is InChI=1S/C13H15Cl2NO3/c1-3-7(4-2)12(17)16-11-9(15)6-5-8(14)10(11)13(18)19/h5-7H,3-4H2,1-2H3,(H,16,17)(H,18,19). The van der Waals surface area contributed by atoms with Crippen molar-refractivity contribution >= 4 is 40.8 Å². The van der Waals surface area contributed by atoms with Gasteiger partial charge in [-0.1, -0.05) is 37.0 Å². The molecule has 0 spiro atoms. The molecular weight excluding hydrogens is 289 g/mol. The van der Waals surface area contributed by atoms with Crippen LogP contribution in [-0.2, 0) is 4.79 Å². The van der Waals surface area contributed by atoms with Crippen LogP contribution in [0.1, 0.15) is 37.0 Å². The van der Waals surface area contributed by atoms with Gasteiger partial charge in [0.05, 0.1) is 15.7 Å². The van der Waals surface area contributed by atoms with E-state index in [1.54, 1.807) is 0 Å². The first-order chi connectivity index (χ1) is 8.92. The summed E-state index contributed by atoms with van der Waals surface area (Å²) in [5, 5.41) is 11.9. The van der Waals surface area contributed by atoms with Crippen LogP contribution in [-0.4, -0.2) is 17.0 Å². The molecule has 1 aromatic rings. The number of anilines is 1. The van der Waals surface area contributed by atoms with Gasteiger partial charge in [0.15, 0.2) is 0 Å². The van der Waals surface area contributed by atoms with Crippen LogP contribution >= 0.6 is 23.2 Å². The molecule has 0 fully saturated rings. The number of aromatic carboxylic acids is 1. The monoisotopic (exact) mass is 303 g/mol. The quantitative estimate of drug-likeness (QED) is 0.862. The highest BCUT2D eigenvalue weighted by atomic mass is 35.5. The number of carbonyl (C=O) groups excluding carboxylic acids is 1. The average Bonchev–Trinajstić information content (AvgIpc) is 2.35. The molecule has 0 radical (unpaired) electrons. The van der Waals surface area contributed by atoms with E-state index in [-0.39, 0.29) is 33.1 Å². The van der Waals surface area contributed by atoms with Crippen molar-refractivity contribution in [3.8, 4) is 0 Å². The van der Waals surface area contributed by atoms with Crippen LogP contribution in [0, 0.1) is 5.92 Å². The molecule has 4 nitrogen and oxygen atoms in total. The van der Waals surface area contributed by atoms with Crippen molar-refractivity contribution in [2.24, 2.45) is 5.92 Å². The Kier molecular flexibility index (Phi) is 5.63. The summed E-state index contributed by atoms with van der Waals surface area (Å²) in [6, 6.07) is 2.85. The van der Waals surface area contributed by atoms with Gasteiger partial charge in [0.2, 0.25) is 5.91 Å². The van der Waals surface area contributed by atoms with Crippen LogP contribution in [0.25, 0.3) is 0 Å². The predicted octanol–water partition coefficient (Wildman–Crippen LogP) is 4.07. The Hall–Kier alpha value is -1.26. The molecule has 0 aromatic heterocycles. The van der Waals surface area contributed by atoms with Gasteiger partial charge >= 0.3 is 5.97 Å². The van der Waals surface area contributed by atoms with Crippen molar-refractivity contribution in [1.29, 1.82) is 0 Å². The lowest BCUT2D eigenvalue weighted by atomic mass is 10.0. The van der Waals surface area contributed by atoms with Crippen LogP contribution in [0.4, 0.5) is 5.69 Å². The summed E-state index contributed by atoms with van der Waals surface area (Å²) < 4.78 is 0. The van der Waals surface area contributed by atoms with Crippen molar-refractivity contribution < 1.29 is 14.7 Å². The van der Waals surface area contributed by atoms with E-state index in [2.05, 4.69) is 5.32 Å². The van der Waals surface area contributed by atoms with Gasteiger partial charge < -0.3 is 10.4 Å². The van der Waals surface area contributed by atoms with E-state index in [4.69, 9.17) is 28.3 Å². The summed E-state index contributed by atoms with van der Waals surface area (Å²) >= 11 is 11.8. The minimum atomic E-state index is -1.23. The van der Waals surface area contributed by atoms with Crippen molar-refractivity contribution in [3.63, 3.8) is 0 Å². The van der Waals surface area contributed by atoms with Crippen molar-refractivity contribution in [3.05, 3.63) is 27.7 Å². The van der Waals surface area contributed by atoms with E-state index in [0.717, 1.165) is 0 Å². The molecule has 104 valence electrons. The summed E-state index contributed by atoms with van der Waals surface area (Å²) in [4.78, 5) is 23.2. The van der Waals surface area contributed by atoms with Crippen LogP contribution < -0.4 is 5.32 Å². The molecule has 1 aromatic carbocycles. The first kappa shape index (κ1) is 15.8. The number of nitrogens with one attached hydrogen (secondary N) is 1. The van der Waals surface area contributed by atoms with Gasteiger partial charge in [-0.15, -0.1) is 0 Å². The zero-order chi connectivity index (χ0) is 14.6. The van der Waals surface area contributed by atoms with Gasteiger partial charge in [-0.05, 0) is 25.0 Å². The molecule has 1 rings (SSSR count). The van der Waals surface area contributed by atoms with Crippen LogP contribution in [0.3, 0.4) is 0 Å². The Morgan fingerprint density at radius 1 is 1.21 bits per heavy atom. The molecule has 0 saturated carbocycles. The van der Waals surface area contributed by atoms with Crippen molar-refractivity contribution in [2.75, 3.05) is 5.32 Å². The molecule has 0 atom stereocenters. The summed E-state index contributed by atoms with van der Waals surface area (Å²) in [5.41, 5.74) is -0.132. The highest BCUT2D eigenvalue weighted by molar-refractivity contribution is 6.38. The summed E-state index contributed by atoms with van der Waals surface area (Å²) in [6.45, 7) is 3.79. The third kappa shape index (κ3) is 3.61. The number of rotatable bonds is 5. The molecule has 0 bridgehead atoms. The van der Waals surface area contributed by atoms with Gasteiger partial charge in [0.1, 0.15) is 5.56 Å². The highest BCUT2D eigenvalue weighted by Gasteiger charge is 2.22. The van der Waals surface area contributed by atoms with Gasteiger partial charge in [0, 0.05) is 5.92 Å². The van der Waals surface area contributed by atoms with Crippen LogP contribution in [0.2, 0.25) is 10.0 Å². The number of hydrogen-bond donors (Lipinski definition) is 2. The summed E-state index contributed by atoms with van der Waals surface area (Å²) in [6.07, 6.45) is 1.34. The maximum Gasteiger partial charge on any atom is 0.339 e. The Morgan fingerprint density at radius 3 is 2.21 bits per heavy atom. The predicted molar refractivity (Wildman–Crippen MR) is 76.1 cm³/mol. The minimum Gasteiger partial charge on any atom is -0.478 e. The molecule has 0 unspecified atom stereocenters. The third-order valence-corrected chi connectivity index (χ3v) is 3.55. The van der Waals surface area contributed by atoms with Crippen molar-refractivity contribution in [2.45, 2.75) is 26.7 Å². The third-order valence-electron chi connectivity index (χ3n) is 2.92. The van der Waals surface area contributed by atoms with E-state index >= 15 is 0 Å². The number of hydrogen-bond acceptors (Lipinski definition) is 2. The highest BCUT2D eigenvalue weighted by Crippen LogP contribution is 2.32. The second-order valence-electron chi connectivity index (χ2n) is 4.09. The number of halogens is 2. The van der Waals surface area contributed by atoms with E-state index in [9.17, 15) is 9.59 Å².